The van der Waals surface area contributed by atoms with Gasteiger partial charge in [0, 0.05) is 38.1 Å². The summed E-state index contributed by atoms with van der Waals surface area (Å²) in [6, 6.07) is 3.60. The van der Waals surface area contributed by atoms with Gasteiger partial charge in [-0.1, -0.05) is 0 Å². The maximum absolute atomic E-state index is 12.9. The molecule has 3 atom stereocenters. The van der Waals surface area contributed by atoms with E-state index in [1.807, 2.05) is 6.07 Å². The highest BCUT2D eigenvalue weighted by atomic mass is 19.4. The quantitative estimate of drug-likeness (QED) is 0.414. The Labute approximate surface area is 187 Å². The third-order valence-corrected chi connectivity index (χ3v) is 7.56. The van der Waals surface area contributed by atoms with Gasteiger partial charge in [-0.3, -0.25) is 14.1 Å². The van der Waals surface area contributed by atoms with Crippen LogP contribution in [-0.2, 0) is 6.18 Å². The highest BCUT2D eigenvalue weighted by molar-refractivity contribution is 5.92. The molecule has 4 heterocycles. The second-order valence-corrected chi connectivity index (χ2v) is 9.24. The molecule has 174 valence electrons. The summed E-state index contributed by atoms with van der Waals surface area (Å²) in [5.74, 6) is 0.108. The first-order valence-corrected chi connectivity index (χ1v) is 11.0. The zero-order valence-electron chi connectivity index (χ0n) is 18.2. The lowest BCUT2D eigenvalue weighted by molar-refractivity contribution is -0.837. The molecule has 1 amide bonds. The van der Waals surface area contributed by atoms with Gasteiger partial charge in [0.15, 0.2) is 18.6 Å². The average molecular weight is 462 g/mol. The van der Waals surface area contributed by atoms with Crippen LogP contribution in [0, 0.1) is 0 Å². The lowest BCUT2D eigenvalue weighted by atomic mass is 10.0. The maximum Gasteiger partial charge on any atom is 0.423 e. The Morgan fingerprint density at radius 3 is 2.73 bits per heavy atom. The topological polar surface area (TPSA) is 90.8 Å². The van der Waals surface area contributed by atoms with Crippen molar-refractivity contribution < 1.29 is 27.0 Å². The fourth-order valence-electron chi connectivity index (χ4n) is 5.62. The molecule has 2 aromatic rings. The molecule has 33 heavy (non-hydrogen) atoms. The Balaban J connectivity index is 1.27. The number of alkyl halides is 3. The van der Waals surface area contributed by atoms with E-state index in [4.69, 9.17) is 0 Å². The largest absolute Gasteiger partial charge is 0.423 e. The number of nitrogens with one attached hydrogen (secondary N) is 2. The fourth-order valence-corrected chi connectivity index (χ4v) is 5.62. The number of aromatic amines is 1. The molecule has 1 saturated carbocycles. The van der Waals surface area contributed by atoms with Crippen molar-refractivity contribution in [3.63, 3.8) is 0 Å². The van der Waals surface area contributed by atoms with Crippen LogP contribution in [0.2, 0.25) is 0 Å². The number of carbonyl (C=O) groups is 1. The van der Waals surface area contributed by atoms with Gasteiger partial charge in [-0.25, -0.2) is 9.97 Å². The van der Waals surface area contributed by atoms with E-state index in [1.165, 1.54) is 0 Å². The Bertz CT molecular complexity index is 1190. The molecule has 8 nitrogen and oxygen atoms in total. The summed E-state index contributed by atoms with van der Waals surface area (Å²) in [5, 5.41) is 2.56. The van der Waals surface area contributed by atoms with Crippen molar-refractivity contribution in [2.45, 2.75) is 36.9 Å². The predicted octanol–water partition coefficient (Wildman–Crippen LogP) is 1.81. The first-order valence-electron chi connectivity index (χ1n) is 11.0. The molecular formula is C22H25F3N6O2+2. The number of H-pyrrole nitrogens is 1. The Morgan fingerprint density at radius 2 is 2.12 bits per heavy atom. The van der Waals surface area contributed by atoms with E-state index in [0.29, 0.717) is 17.7 Å². The number of hydrogen-bond acceptors (Lipinski definition) is 4. The molecule has 2 unspecified atom stereocenters. The third kappa shape index (κ3) is 3.64. The average Bonchev–Trinajstić information content (AvgIpc) is 3.15. The maximum atomic E-state index is 12.9. The fraction of sp³-hybridized carbons (Fsp3) is 0.500. The summed E-state index contributed by atoms with van der Waals surface area (Å²) in [6.45, 7) is 3.67. The Kier molecular flexibility index (Phi) is 4.93. The van der Waals surface area contributed by atoms with Crippen molar-refractivity contribution in [2.24, 2.45) is 0 Å². The van der Waals surface area contributed by atoms with Crippen LogP contribution in [0.4, 0.5) is 18.9 Å². The molecule has 2 spiro atoms. The molecule has 2 fully saturated rings. The summed E-state index contributed by atoms with van der Waals surface area (Å²) < 4.78 is 41.7. The van der Waals surface area contributed by atoms with E-state index in [2.05, 4.69) is 31.1 Å². The number of aromatic nitrogens is 3. The lowest BCUT2D eigenvalue weighted by Crippen LogP contribution is -2.45. The number of halogens is 3. The van der Waals surface area contributed by atoms with Crippen LogP contribution in [0.25, 0.3) is 0 Å². The first-order chi connectivity index (χ1) is 15.7. The van der Waals surface area contributed by atoms with Gasteiger partial charge in [-0.2, -0.15) is 17.7 Å². The molecular weight excluding hydrogens is 437 g/mol. The summed E-state index contributed by atoms with van der Waals surface area (Å²) in [6.07, 6.45) is 2.42. The second-order valence-electron chi connectivity index (χ2n) is 9.24. The predicted molar refractivity (Wildman–Crippen MR) is 113 cm³/mol. The van der Waals surface area contributed by atoms with Crippen LogP contribution < -0.4 is 10.9 Å². The van der Waals surface area contributed by atoms with Crippen molar-refractivity contribution in [1.29, 1.82) is 0 Å². The zero-order valence-corrected chi connectivity index (χ0v) is 18.2. The molecule has 2 aromatic heterocycles. The van der Waals surface area contributed by atoms with E-state index < -0.39 is 17.3 Å². The van der Waals surface area contributed by atoms with Gasteiger partial charge in [-0.15, -0.1) is 0 Å². The van der Waals surface area contributed by atoms with Crippen molar-refractivity contribution in [2.75, 3.05) is 33.2 Å². The van der Waals surface area contributed by atoms with Crippen molar-refractivity contribution in [3.05, 3.63) is 52.0 Å². The molecule has 1 saturated heterocycles. The zero-order chi connectivity index (χ0) is 23.4. The molecule has 0 aromatic carbocycles. The van der Waals surface area contributed by atoms with Gasteiger partial charge in [0.1, 0.15) is 30.2 Å². The van der Waals surface area contributed by atoms with Crippen LogP contribution in [0.1, 0.15) is 47.1 Å². The van der Waals surface area contributed by atoms with Crippen molar-refractivity contribution in [1.82, 2.24) is 20.3 Å². The van der Waals surface area contributed by atoms with Crippen LogP contribution in [0.5, 0.6) is 0 Å². The van der Waals surface area contributed by atoms with Gasteiger partial charge in [0.2, 0.25) is 11.9 Å². The second kappa shape index (κ2) is 7.47. The van der Waals surface area contributed by atoms with Gasteiger partial charge >= 0.3 is 6.18 Å². The number of quaternary nitrogens is 1. The molecule has 2 aliphatic heterocycles. The van der Waals surface area contributed by atoms with Crippen molar-refractivity contribution >= 4 is 17.8 Å². The summed E-state index contributed by atoms with van der Waals surface area (Å²) >= 11 is 0. The SMILES string of the molecule is CNC(=O)c1ccc([N+]2=CC[N+]3(CC2)CC32CC[C@@H](c3ncc(C(F)(F)F)c(=O)[nH]3)C2)cn1. The highest BCUT2D eigenvalue weighted by Gasteiger charge is 2.72. The third-order valence-electron chi connectivity index (χ3n) is 7.56. The monoisotopic (exact) mass is 462 g/mol. The summed E-state index contributed by atoms with van der Waals surface area (Å²) in [7, 11) is 1.57. The number of rotatable bonds is 3. The van der Waals surface area contributed by atoms with Crippen molar-refractivity contribution in [3.8, 4) is 0 Å². The highest BCUT2D eigenvalue weighted by Crippen LogP contribution is 2.57. The number of nitrogens with zero attached hydrogens (tertiary/aromatic N) is 4. The van der Waals surface area contributed by atoms with Crippen LogP contribution in [-0.4, -0.2) is 74.9 Å². The molecule has 0 bridgehead atoms. The number of carbonyl (C=O) groups excluding carboxylic acids is 1. The molecule has 0 radical (unpaired) electrons. The molecule has 5 rings (SSSR count). The van der Waals surface area contributed by atoms with E-state index in [1.54, 1.807) is 19.3 Å². The minimum Gasteiger partial charge on any atom is -0.354 e. The minimum atomic E-state index is -4.70. The number of hydrogen-bond donors (Lipinski definition) is 2. The Morgan fingerprint density at radius 1 is 1.30 bits per heavy atom. The number of fused-ring (bicyclic) bond motifs is 1. The lowest BCUT2D eigenvalue weighted by Gasteiger charge is -2.25. The Hall–Kier alpha value is -3.08. The van der Waals surface area contributed by atoms with Gasteiger partial charge < -0.3 is 10.3 Å². The number of pyridine rings is 1. The van der Waals surface area contributed by atoms with E-state index >= 15 is 0 Å². The van der Waals surface area contributed by atoms with E-state index in [0.717, 1.165) is 55.6 Å². The molecule has 11 heteroatoms. The van der Waals surface area contributed by atoms with E-state index in [-0.39, 0.29) is 17.4 Å². The van der Waals surface area contributed by atoms with E-state index in [9.17, 15) is 22.8 Å². The smallest absolute Gasteiger partial charge is 0.354 e. The summed E-state index contributed by atoms with van der Waals surface area (Å²) in [5.41, 5.74) is -0.954. The van der Waals surface area contributed by atoms with Crippen LogP contribution in [0.15, 0.2) is 29.3 Å². The van der Waals surface area contributed by atoms with Gasteiger partial charge in [0.25, 0.3) is 11.5 Å². The van der Waals surface area contributed by atoms with Gasteiger partial charge in [0.05, 0.1) is 6.20 Å². The molecule has 2 N–H and O–H groups in total. The van der Waals surface area contributed by atoms with Crippen LogP contribution in [0.3, 0.4) is 0 Å². The summed E-state index contributed by atoms with van der Waals surface area (Å²) in [4.78, 5) is 34.2. The minimum absolute atomic E-state index is 0.0306. The molecule has 1 aliphatic carbocycles. The number of amides is 1. The standard InChI is InChI=1S/C22H23F3N6O2/c1-26-20(33)17-3-2-15(11-27-17)30-6-8-31(9-7-30)13-21(31)5-4-14(10-21)18-28-12-16(19(32)29-18)22(23,24)25/h2-3,6,11-12,14H,4-5,7-10,13H2,1H3/p+2/t14-,21?,31?/m1/s1. The molecule has 3 aliphatic rings. The normalized spacial score (nSPS) is 28.7. The van der Waals surface area contributed by atoms with Crippen LogP contribution >= 0.6 is 0 Å². The first kappa shape index (κ1) is 21.7. The van der Waals surface area contributed by atoms with Gasteiger partial charge in [-0.05, 0) is 12.5 Å².